The van der Waals surface area contributed by atoms with Gasteiger partial charge >= 0.3 is 0 Å². The topological polar surface area (TPSA) is 68.3 Å². The zero-order valence-electron chi connectivity index (χ0n) is 7.25. The molecule has 3 N–H and O–H groups in total. The number of hydrogen-bond donors (Lipinski definition) is 2. The van der Waals surface area contributed by atoms with Gasteiger partial charge in [-0.25, -0.2) is 0 Å². The smallest absolute Gasteiger partial charge is 0.240 e. The van der Waals surface area contributed by atoms with Crippen LogP contribution in [0.5, 0.6) is 0 Å². The third-order valence-electron chi connectivity index (χ3n) is 2.27. The van der Waals surface area contributed by atoms with Gasteiger partial charge in [-0.05, 0) is 18.9 Å². The molecular formula is C9H12N2O2. The van der Waals surface area contributed by atoms with Crippen LogP contribution in [0.3, 0.4) is 0 Å². The molecule has 4 heteroatoms. The van der Waals surface area contributed by atoms with Gasteiger partial charge in [0.1, 0.15) is 0 Å². The van der Waals surface area contributed by atoms with Crippen molar-refractivity contribution in [2.24, 2.45) is 5.73 Å². The van der Waals surface area contributed by atoms with E-state index in [0.717, 1.165) is 18.4 Å². The van der Waals surface area contributed by atoms with E-state index >= 15 is 0 Å². The van der Waals surface area contributed by atoms with Crippen LogP contribution in [0.25, 0.3) is 0 Å². The zero-order chi connectivity index (χ0) is 9.31. The first-order valence-electron chi connectivity index (χ1n) is 4.29. The van der Waals surface area contributed by atoms with Crippen molar-refractivity contribution >= 4 is 5.91 Å². The van der Waals surface area contributed by atoms with Crippen molar-refractivity contribution in [2.75, 3.05) is 0 Å². The van der Waals surface area contributed by atoms with Crippen molar-refractivity contribution < 1.29 is 9.21 Å². The number of rotatable bonds is 3. The average molecular weight is 180 g/mol. The summed E-state index contributed by atoms with van der Waals surface area (Å²) in [6, 6.07) is 1.82. The van der Waals surface area contributed by atoms with E-state index in [1.54, 1.807) is 12.5 Å². The van der Waals surface area contributed by atoms with Gasteiger partial charge in [0.25, 0.3) is 0 Å². The molecule has 1 aromatic heterocycles. The maximum absolute atomic E-state index is 11.4. The standard InChI is InChI=1S/C9H12N2O2/c10-9(2-3-9)8(12)11-5-7-1-4-13-6-7/h1,4,6H,2-3,5,10H2,(H,11,12). The Labute approximate surface area is 76.1 Å². The van der Waals surface area contributed by atoms with Gasteiger partial charge in [0.2, 0.25) is 5.91 Å². The summed E-state index contributed by atoms with van der Waals surface area (Å²) in [5.74, 6) is -0.0614. The molecule has 4 nitrogen and oxygen atoms in total. The van der Waals surface area contributed by atoms with E-state index < -0.39 is 5.54 Å². The van der Waals surface area contributed by atoms with Crippen molar-refractivity contribution in [1.82, 2.24) is 5.32 Å². The van der Waals surface area contributed by atoms with Crippen molar-refractivity contribution in [2.45, 2.75) is 24.9 Å². The number of carbonyl (C=O) groups is 1. The Morgan fingerprint density at radius 3 is 3.00 bits per heavy atom. The number of hydrogen-bond acceptors (Lipinski definition) is 3. The Morgan fingerprint density at radius 2 is 2.46 bits per heavy atom. The van der Waals surface area contributed by atoms with Crippen molar-refractivity contribution in [3.05, 3.63) is 24.2 Å². The molecule has 1 aliphatic carbocycles. The summed E-state index contributed by atoms with van der Waals surface area (Å²) in [7, 11) is 0. The molecule has 1 amide bonds. The molecule has 1 saturated carbocycles. The van der Waals surface area contributed by atoms with Crippen LogP contribution >= 0.6 is 0 Å². The first-order chi connectivity index (χ1) is 6.21. The third-order valence-corrected chi connectivity index (χ3v) is 2.27. The third kappa shape index (κ3) is 1.72. The maximum atomic E-state index is 11.4. The summed E-state index contributed by atoms with van der Waals surface area (Å²) in [6.45, 7) is 0.494. The molecule has 1 heterocycles. The van der Waals surface area contributed by atoms with E-state index in [-0.39, 0.29) is 5.91 Å². The summed E-state index contributed by atoms with van der Waals surface area (Å²) >= 11 is 0. The molecular weight excluding hydrogens is 168 g/mol. The minimum atomic E-state index is -0.580. The van der Waals surface area contributed by atoms with E-state index in [2.05, 4.69) is 5.32 Å². The molecule has 2 rings (SSSR count). The molecule has 0 spiro atoms. The number of nitrogens with two attached hydrogens (primary N) is 1. The predicted octanol–water partition coefficient (Wildman–Crippen LogP) is 0.387. The van der Waals surface area contributed by atoms with Gasteiger partial charge in [-0.2, -0.15) is 0 Å². The highest BCUT2D eigenvalue weighted by atomic mass is 16.3. The first-order valence-corrected chi connectivity index (χ1v) is 4.29. The number of amides is 1. The molecule has 1 aromatic rings. The van der Waals surface area contributed by atoms with Gasteiger partial charge < -0.3 is 15.5 Å². The molecule has 0 aromatic carbocycles. The van der Waals surface area contributed by atoms with Gasteiger partial charge in [-0.3, -0.25) is 4.79 Å². The van der Waals surface area contributed by atoms with Gasteiger partial charge in [0, 0.05) is 12.1 Å². The predicted molar refractivity (Wildman–Crippen MR) is 46.7 cm³/mol. The second kappa shape index (κ2) is 2.88. The Bertz CT molecular complexity index is 301. The van der Waals surface area contributed by atoms with Crippen LogP contribution in [0.15, 0.2) is 23.0 Å². The fourth-order valence-electron chi connectivity index (χ4n) is 1.11. The van der Waals surface area contributed by atoms with Crippen LogP contribution in [0.2, 0.25) is 0 Å². The van der Waals surface area contributed by atoms with Gasteiger partial charge in [-0.15, -0.1) is 0 Å². The highest BCUT2D eigenvalue weighted by Crippen LogP contribution is 2.32. The van der Waals surface area contributed by atoms with Gasteiger partial charge in [0.05, 0.1) is 18.1 Å². The van der Waals surface area contributed by atoms with Crippen LogP contribution in [-0.4, -0.2) is 11.4 Å². The molecule has 0 saturated heterocycles. The van der Waals surface area contributed by atoms with Crippen LogP contribution in [-0.2, 0) is 11.3 Å². The van der Waals surface area contributed by atoms with Crippen LogP contribution < -0.4 is 11.1 Å². The van der Waals surface area contributed by atoms with Crippen LogP contribution in [0, 0.1) is 0 Å². The second-order valence-electron chi connectivity index (χ2n) is 3.47. The summed E-state index contributed by atoms with van der Waals surface area (Å²) in [5.41, 5.74) is 6.07. The van der Waals surface area contributed by atoms with Crippen molar-refractivity contribution in [3.8, 4) is 0 Å². The quantitative estimate of drug-likeness (QED) is 0.706. The van der Waals surface area contributed by atoms with Gasteiger partial charge in [-0.1, -0.05) is 0 Å². The highest BCUT2D eigenvalue weighted by Gasteiger charge is 2.45. The SMILES string of the molecule is NC1(C(=O)NCc2ccoc2)CC1. The summed E-state index contributed by atoms with van der Waals surface area (Å²) in [4.78, 5) is 11.4. The van der Waals surface area contributed by atoms with Crippen molar-refractivity contribution in [3.63, 3.8) is 0 Å². The van der Waals surface area contributed by atoms with Crippen molar-refractivity contribution in [1.29, 1.82) is 0 Å². The molecule has 0 unspecified atom stereocenters. The Kier molecular flexibility index (Phi) is 1.84. The molecule has 1 aliphatic rings. The van der Waals surface area contributed by atoms with Gasteiger partial charge in [0.15, 0.2) is 0 Å². The first kappa shape index (κ1) is 8.31. The lowest BCUT2D eigenvalue weighted by Crippen LogP contribution is -2.42. The lowest BCUT2D eigenvalue weighted by Gasteiger charge is -2.08. The second-order valence-corrected chi connectivity index (χ2v) is 3.47. The van der Waals surface area contributed by atoms with Crippen LogP contribution in [0.4, 0.5) is 0 Å². The fraction of sp³-hybridized carbons (Fsp3) is 0.444. The average Bonchev–Trinajstić information content (AvgIpc) is 2.70. The lowest BCUT2D eigenvalue weighted by atomic mass is 10.2. The number of furan rings is 1. The Morgan fingerprint density at radius 1 is 1.69 bits per heavy atom. The Balaban J connectivity index is 1.83. The molecule has 0 bridgehead atoms. The number of carbonyl (C=O) groups excluding carboxylic acids is 1. The van der Waals surface area contributed by atoms with E-state index in [1.807, 2.05) is 6.07 Å². The normalized spacial score (nSPS) is 18.2. The monoisotopic (exact) mass is 180 g/mol. The molecule has 13 heavy (non-hydrogen) atoms. The molecule has 0 radical (unpaired) electrons. The fourth-order valence-corrected chi connectivity index (χ4v) is 1.11. The minimum absolute atomic E-state index is 0.0614. The Hall–Kier alpha value is -1.29. The molecule has 70 valence electrons. The van der Waals surface area contributed by atoms with E-state index in [1.165, 1.54) is 0 Å². The molecule has 0 aliphatic heterocycles. The van der Waals surface area contributed by atoms with Crippen LogP contribution in [0.1, 0.15) is 18.4 Å². The minimum Gasteiger partial charge on any atom is -0.472 e. The maximum Gasteiger partial charge on any atom is 0.240 e. The summed E-state index contributed by atoms with van der Waals surface area (Å²) in [6.07, 6.45) is 4.78. The molecule has 0 atom stereocenters. The largest absolute Gasteiger partial charge is 0.472 e. The summed E-state index contributed by atoms with van der Waals surface area (Å²) in [5, 5.41) is 2.76. The van der Waals surface area contributed by atoms with E-state index in [0.29, 0.717) is 6.54 Å². The highest BCUT2D eigenvalue weighted by molar-refractivity contribution is 5.88. The lowest BCUT2D eigenvalue weighted by molar-refractivity contribution is -0.123. The number of nitrogens with one attached hydrogen (secondary N) is 1. The van der Waals surface area contributed by atoms with E-state index in [9.17, 15) is 4.79 Å². The summed E-state index contributed by atoms with van der Waals surface area (Å²) < 4.78 is 4.87. The molecule has 1 fully saturated rings. The zero-order valence-corrected chi connectivity index (χ0v) is 7.25. The van der Waals surface area contributed by atoms with E-state index in [4.69, 9.17) is 10.2 Å².